The van der Waals surface area contributed by atoms with Crippen molar-refractivity contribution in [3.05, 3.63) is 89.6 Å². The molecule has 3 rings (SSSR count). The number of allylic oxidation sites excluding steroid dienone is 2. The van der Waals surface area contributed by atoms with Crippen molar-refractivity contribution in [2.45, 2.75) is 19.4 Å². The average molecular weight is 262 g/mol. The van der Waals surface area contributed by atoms with Crippen LogP contribution in [0.4, 0.5) is 0 Å². The molecule has 100 valence electrons. The molecule has 0 saturated heterocycles. The van der Waals surface area contributed by atoms with Gasteiger partial charge in [-0.15, -0.1) is 0 Å². The molecular formula is C19H20N+. The van der Waals surface area contributed by atoms with E-state index in [1.54, 1.807) is 0 Å². The first-order valence-corrected chi connectivity index (χ1v) is 7.24. The van der Waals surface area contributed by atoms with Crippen LogP contribution in [0.2, 0.25) is 0 Å². The van der Waals surface area contributed by atoms with Crippen molar-refractivity contribution < 1.29 is 5.32 Å². The molecule has 0 fully saturated rings. The maximum absolute atomic E-state index is 2.34. The fourth-order valence-electron chi connectivity index (χ4n) is 2.59. The van der Waals surface area contributed by atoms with E-state index in [0.717, 1.165) is 6.42 Å². The summed E-state index contributed by atoms with van der Waals surface area (Å²) in [6, 6.07) is 19.9. The summed E-state index contributed by atoms with van der Waals surface area (Å²) in [6.45, 7) is 2.19. The molecule has 0 bridgehead atoms. The molecule has 0 aromatic heterocycles. The van der Waals surface area contributed by atoms with Gasteiger partial charge in [0.1, 0.15) is 6.04 Å². The van der Waals surface area contributed by atoms with Gasteiger partial charge < -0.3 is 5.32 Å². The summed E-state index contributed by atoms with van der Waals surface area (Å²) in [6.07, 6.45) is 7.80. The van der Waals surface area contributed by atoms with E-state index in [-0.39, 0.29) is 0 Å². The molecule has 0 amide bonds. The van der Waals surface area contributed by atoms with E-state index in [9.17, 15) is 0 Å². The minimum atomic E-state index is 0.377. The van der Waals surface area contributed by atoms with E-state index in [1.807, 2.05) is 0 Å². The van der Waals surface area contributed by atoms with Gasteiger partial charge in [0.05, 0.1) is 6.20 Å². The van der Waals surface area contributed by atoms with Crippen LogP contribution in [0.3, 0.4) is 0 Å². The molecule has 1 aliphatic rings. The van der Waals surface area contributed by atoms with Crippen LogP contribution in [-0.2, 0) is 6.42 Å². The van der Waals surface area contributed by atoms with Crippen LogP contribution in [0.1, 0.15) is 29.7 Å². The second kappa shape index (κ2) is 5.89. The summed E-state index contributed by atoms with van der Waals surface area (Å²) in [5.74, 6) is 0. The van der Waals surface area contributed by atoms with Crippen molar-refractivity contribution in [2.24, 2.45) is 0 Å². The lowest BCUT2D eigenvalue weighted by Crippen LogP contribution is -2.79. The molecule has 2 aromatic rings. The fraction of sp³-hybridized carbons (Fsp3) is 0.158. The lowest BCUT2D eigenvalue weighted by molar-refractivity contribution is -0.622. The Hall–Kier alpha value is -2.12. The van der Waals surface area contributed by atoms with E-state index in [2.05, 4.69) is 85.2 Å². The second-order valence-electron chi connectivity index (χ2n) is 5.16. The van der Waals surface area contributed by atoms with Gasteiger partial charge in [-0.05, 0) is 35.3 Å². The number of nitrogens with two attached hydrogens (primary N) is 1. The first-order chi connectivity index (χ1) is 9.86. The highest BCUT2D eigenvalue weighted by Crippen LogP contribution is 2.23. The standard InChI is InChI=1S/C19H19N/c1-2-15-8-10-16(11-9-15)18-12-13-20-19(14-18)17-6-4-3-5-7-17/h3-14,19-20H,2H2,1H3/p+1. The van der Waals surface area contributed by atoms with Crippen LogP contribution in [0, 0.1) is 0 Å². The predicted molar refractivity (Wildman–Crippen MR) is 84.0 cm³/mol. The minimum Gasteiger partial charge on any atom is -0.311 e. The summed E-state index contributed by atoms with van der Waals surface area (Å²) < 4.78 is 0. The third-order valence-corrected chi connectivity index (χ3v) is 3.83. The van der Waals surface area contributed by atoms with Crippen LogP contribution in [-0.4, -0.2) is 0 Å². The Balaban J connectivity index is 1.88. The van der Waals surface area contributed by atoms with Gasteiger partial charge in [0.25, 0.3) is 0 Å². The van der Waals surface area contributed by atoms with Crippen molar-refractivity contribution in [1.29, 1.82) is 0 Å². The van der Waals surface area contributed by atoms with Crippen LogP contribution in [0.15, 0.2) is 72.9 Å². The predicted octanol–water partition coefficient (Wildman–Crippen LogP) is 3.46. The van der Waals surface area contributed by atoms with Gasteiger partial charge in [-0.2, -0.15) is 0 Å². The lowest BCUT2D eigenvalue weighted by Gasteiger charge is -2.15. The molecule has 1 atom stereocenters. The molecule has 1 aliphatic heterocycles. The quantitative estimate of drug-likeness (QED) is 0.872. The number of rotatable bonds is 3. The number of aryl methyl sites for hydroxylation is 1. The van der Waals surface area contributed by atoms with Crippen LogP contribution in [0.5, 0.6) is 0 Å². The molecule has 2 N–H and O–H groups in total. The van der Waals surface area contributed by atoms with Gasteiger partial charge in [0.15, 0.2) is 0 Å². The van der Waals surface area contributed by atoms with Crippen LogP contribution < -0.4 is 5.32 Å². The molecule has 1 nitrogen and oxygen atoms in total. The Morgan fingerprint density at radius 3 is 2.40 bits per heavy atom. The normalized spacial score (nSPS) is 17.9. The Morgan fingerprint density at radius 2 is 1.70 bits per heavy atom. The smallest absolute Gasteiger partial charge is 0.135 e. The number of quaternary nitrogens is 1. The van der Waals surface area contributed by atoms with Gasteiger partial charge in [-0.25, -0.2) is 0 Å². The second-order valence-corrected chi connectivity index (χ2v) is 5.16. The Kier molecular flexibility index (Phi) is 3.80. The van der Waals surface area contributed by atoms with Gasteiger partial charge in [-0.3, -0.25) is 0 Å². The maximum Gasteiger partial charge on any atom is 0.135 e. The third kappa shape index (κ3) is 2.73. The summed E-state index contributed by atoms with van der Waals surface area (Å²) in [7, 11) is 0. The lowest BCUT2D eigenvalue weighted by atomic mass is 9.96. The molecule has 20 heavy (non-hydrogen) atoms. The molecular weight excluding hydrogens is 242 g/mol. The summed E-state index contributed by atoms with van der Waals surface area (Å²) in [4.78, 5) is 0. The maximum atomic E-state index is 2.34. The highest BCUT2D eigenvalue weighted by atomic mass is 14.9. The minimum absolute atomic E-state index is 0.377. The van der Waals surface area contributed by atoms with E-state index >= 15 is 0 Å². The monoisotopic (exact) mass is 262 g/mol. The first kappa shape index (κ1) is 12.9. The Morgan fingerprint density at radius 1 is 0.950 bits per heavy atom. The van der Waals surface area contributed by atoms with Gasteiger partial charge >= 0.3 is 0 Å². The number of benzene rings is 2. The van der Waals surface area contributed by atoms with Crippen molar-refractivity contribution in [1.82, 2.24) is 0 Å². The SMILES string of the molecule is CCc1ccc(C2=CC(c3ccccc3)[NH2+]C=C2)cc1. The highest BCUT2D eigenvalue weighted by Gasteiger charge is 2.15. The summed E-state index contributed by atoms with van der Waals surface area (Å²) >= 11 is 0. The highest BCUT2D eigenvalue weighted by molar-refractivity contribution is 5.74. The molecule has 1 unspecified atom stereocenters. The van der Waals surface area contributed by atoms with Crippen molar-refractivity contribution in [3.8, 4) is 0 Å². The zero-order valence-electron chi connectivity index (χ0n) is 11.8. The molecule has 1 heteroatoms. The third-order valence-electron chi connectivity index (χ3n) is 3.83. The van der Waals surface area contributed by atoms with E-state index < -0.39 is 0 Å². The van der Waals surface area contributed by atoms with Crippen molar-refractivity contribution >= 4 is 5.57 Å². The molecule has 0 radical (unpaired) electrons. The van der Waals surface area contributed by atoms with E-state index in [4.69, 9.17) is 0 Å². The van der Waals surface area contributed by atoms with Crippen LogP contribution in [0.25, 0.3) is 5.57 Å². The van der Waals surface area contributed by atoms with Gasteiger partial charge in [-0.1, -0.05) is 61.5 Å². The number of hydrogen-bond acceptors (Lipinski definition) is 0. The van der Waals surface area contributed by atoms with Gasteiger partial charge in [0, 0.05) is 5.56 Å². The zero-order chi connectivity index (χ0) is 13.8. The topological polar surface area (TPSA) is 16.6 Å². The van der Waals surface area contributed by atoms with E-state index in [1.165, 1.54) is 22.3 Å². The summed E-state index contributed by atoms with van der Waals surface area (Å²) in [5, 5.41) is 2.25. The van der Waals surface area contributed by atoms with Crippen molar-refractivity contribution in [2.75, 3.05) is 0 Å². The van der Waals surface area contributed by atoms with Crippen molar-refractivity contribution in [3.63, 3.8) is 0 Å². The summed E-state index contributed by atoms with van der Waals surface area (Å²) in [5.41, 5.74) is 5.34. The van der Waals surface area contributed by atoms with Crippen LogP contribution >= 0.6 is 0 Å². The van der Waals surface area contributed by atoms with E-state index in [0.29, 0.717) is 6.04 Å². The molecule has 0 aliphatic carbocycles. The Bertz CT molecular complexity index is 621. The average Bonchev–Trinajstić information content (AvgIpc) is 2.56. The molecule has 0 spiro atoms. The molecule has 0 saturated carbocycles. The largest absolute Gasteiger partial charge is 0.311 e. The first-order valence-electron chi connectivity index (χ1n) is 7.24. The zero-order valence-corrected chi connectivity index (χ0v) is 11.8. The number of hydrogen-bond donors (Lipinski definition) is 1. The van der Waals surface area contributed by atoms with Gasteiger partial charge in [0.2, 0.25) is 0 Å². The molecule has 2 aromatic carbocycles. The Labute approximate surface area is 120 Å². The molecule has 1 heterocycles. The fourth-order valence-corrected chi connectivity index (χ4v) is 2.59.